The highest BCUT2D eigenvalue weighted by molar-refractivity contribution is 7.14. The van der Waals surface area contributed by atoms with Gasteiger partial charge in [0.2, 0.25) is 5.95 Å². The predicted molar refractivity (Wildman–Crippen MR) is 173 cm³/mol. The van der Waals surface area contributed by atoms with Gasteiger partial charge in [-0.2, -0.15) is 4.98 Å². The van der Waals surface area contributed by atoms with Gasteiger partial charge in [-0.05, 0) is 47.2 Å². The Bertz CT molecular complexity index is 1840. The van der Waals surface area contributed by atoms with Crippen LogP contribution in [0.1, 0.15) is 45.7 Å². The van der Waals surface area contributed by atoms with Gasteiger partial charge in [-0.25, -0.2) is 4.98 Å². The minimum Gasteiger partial charge on any atom is -0.365 e. The van der Waals surface area contributed by atoms with Crippen molar-refractivity contribution in [3.8, 4) is 0 Å². The number of para-hydroxylation sites is 1. The van der Waals surface area contributed by atoms with Crippen LogP contribution >= 0.6 is 11.3 Å². The summed E-state index contributed by atoms with van der Waals surface area (Å²) in [6.45, 7) is 6.03. The molecule has 0 atom stereocenters. The van der Waals surface area contributed by atoms with E-state index < -0.39 is 17.6 Å². The smallest absolute Gasteiger partial charge is 0.303 e. The van der Waals surface area contributed by atoms with Crippen LogP contribution in [-0.2, 0) is 10.2 Å². The summed E-state index contributed by atoms with van der Waals surface area (Å²) in [6, 6.07) is 23.1. The maximum atomic E-state index is 14.2. The number of fused-ring (bicyclic) bond motifs is 1. The average molecular weight is 593 g/mol. The summed E-state index contributed by atoms with van der Waals surface area (Å²) in [7, 11) is 3.72. The molecule has 0 aliphatic heterocycles. The molecular formula is C33H32N6O3S. The summed E-state index contributed by atoms with van der Waals surface area (Å²) in [5.74, 6) is -1.06. The zero-order valence-electron chi connectivity index (χ0n) is 24.6. The van der Waals surface area contributed by atoms with E-state index in [1.54, 1.807) is 65.7 Å². The van der Waals surface area contributed by atoms with Crippen molar-refractivity contribution < 1.29 is 14.4 Å². The van der Waals surface area contributed by atoms with Crippen molar-refractivity contribution in [3.05, 3.63) is 100 Å². The van der Waals surface area contributed by atoms with Crippen molar-refractivity contribution in [2.24, 2.45) is 5.73 Å². The maximum Gasteiger partial charge on any atom is 0.303 e. The Morgan fingerprint density at radius 3 is 2.21 bits per heavy atom. The molecule has 2 amide bonds. The molecule has 0 saturated heterocycles. The first-order valence-corrected chi connectivity index (χ1v) is 14.4. The van der Waals surface area contributed by atoms with E-state index in [9.17, 15) is 14.4 Å². The number of nitrogens with one attached hydrogen (secondary N) is 1. The fraction of sp³-hybridized carbons (Fsp3) is 0.182. The zero-order valence-corrected chi connectivity index (χ0v) is 25.4. The molecule has 0 saturated carbocycles. The van der Waals surface area contributed by atoms with E-state index in [0.29, 0.717) is 28.5 Å². The third kappa shape index (κ3) is 5.96. The molecule has 2 aromatic heterocycles. The van der Waals surface area contributed by atoms with Crippen molar-refractivity contribution in [3.63, 3.8) is 0 Å². The van der Waals surface area contributed by atoms with Crippen LogP contribution < -0.4 is 20.9 Å². The molecule has 5 rings (SSSR count). The van der Waals surface area contributed by atoms with Crippen LogP contribution in [0.4, 0.5) is 28.8 Å². The number of nitrogens with zero attached hydrogens (tertiary/aromatic N) is 4. The van der Waals surface area contributed by atoms with Gasteiger partial charge in [0.15, 0.2) is 0 Å². The SMILES string of the molecule is CN(C)c1nccc(Nc2ccc(C(=O)C(=O)N(c3ccccc3)c3cc(C(C)(C)C)sc3C(N)=O)c3ccccc23)n1. The van der Waals surface area contributed by atoms with Gasteiger partial charge < -0.3 is 16.0 Å². The summed E-state index contributed by atoms with van der Waals surface area (Å²) in [5, 5.41) is 4.65. The molecule has 9 nitrogen and oxygen atoms in total. The molecule has 0 aliphatic carbocycles. The van der Waals surface area contributed by atoms with Gasteiger partial charge in [0.05, 0.1) is 5.69 Å². The molecule has 0 spiro atoms. The summed E-state index contributed by atoms with van der Waals surface area (Å²) in [5.41, 5.74) is 7.16. The van der Waals surface area contributed by atoms with Crippen LogP contribution in [0.5, 0.6) is 0 Å². The number of carbonyl (C=O) groups excluding carboxylic acids is 3. The number of anilines is 5. The van der Waals surface area contributed by atoms with Gasteiger partial charge in [-0.15, -0.1) is 11.3 Å². The zero-order chi connectivity index (χ0) is 30.9. The molecular weight excluding hydrogens is 560 g/mol. The number of hydrogen-bond donors (Lipinski definition) is 2. The largest absolute Gasteiger partial charge is 0.365 e. The molecule has 218 valence electrons. The number of Topliss-reactive ketones (excluding diaryl/α,β-unsaturated/α-hetero) is 1. The Morgan fingerprint density at radius 2 is 1.56 bits per heavy atom. The highest BCUT2D eigenvalue weighted by atomic mass is 32.1. The number of hydrogen-bond acceptors (Lipinski definition) is 8. The first-order chi connectivity index (χ1) is 20.5. The third-order valence-electron chi connectivity index (χ3n) is 6.80. The standard InChI is InChI=1S/C33H32N6O3S/c1-33(2,3)26-19-25(29(43-26)30(34)41)39(20-11-7-6-8-12-20)31(42)28(40)23-15-16-24(22-14-10-9-13-21(22)23)36-27-17-18-35-32(37-27)38(4)5/h6-19H,1-5H3,(H2,34,41)(H,35,36,37). The lowest BCUT2D eigenvalue weighted by Gasteiger charge is -2.23. The van der Waals surface area contributed by atoms with E-state index in [0.717, 1.165) is 10.3 Å². The number of amides is 2. The van der Waals surface area contributed by atoms with E-state index >= 15 is 0 Å². The second-order valence-electron chi connectivity index (χ2n) is 11.2. The molecule has 0 radical (unpaired) electrons. The van der Waals surface area contributed by atoms with Gasteiger partial charge in [-0.3, -0.25) is 19.3 Å². The Kier molecular flexibility index (Phi) is 7.97. The van der Waals surface area contributed by atoms with E-state index in [1.165, 1.54) is 16.2 Å². The fourth-order valence-corrected chi connectivity index (χ4v) is 5.68. The third-order valence-corrected chi connectivity index (χ3v) is 8.37. The predicted octanol–water partition coefficient (Wildman–Crippen LogP) is 6.44. The first kappa shape index (κ1) is 29.4. The monoisotopic (exact) mass is 592 g/mol. The lowest BCUT2D eigenvalue weighted by atomic mass is 9.94. The lowest BCUT2D eigenvalue weighted by molar-refractivity contribution is -0.114. The Hall–Kier alpha value is -5.09. The second-order valence-corrected chi connectivity index (χ2v) is 12.3. The number of ketones is 1. The minimum atomic E-state index is -0.802. The number of primary amides is 1. The summed E-state index contributed by atoms with van der Waals surface area (Å²) in [6.07, 6.45) is 1.66. The van der Waals surface area contributed by atoms with Gasteiger partial charge in [0.25, 0.3) is 11.7 Å². The van der Waals surface area contributed by atoms with Crippen LogP contribution in [-0.4, -0.2) is 41.7 Å². The second kappa shape index (κ2) is 11.7. The van der Waals surface area contributed by atoms with E-state index in [1.807, 2.05) is 59.1 Å². The number of thiophene rings is 1. The molecule has 3 N–H and O–H groups in total. The van der Waals surface area contributed by atoms with Crippen LogP contribution in [0.2, 0.25) is 0 Å². The molecule has 0 bridgehead atoms. The molecule has 3 aromatic carbocycles. The quantitative estimate of drug-likeness (QED) is 0.157. The number of carbonyl (C=O) groups is 3. The number of nitrogens with two attached hydrogens (primary N) is 1. The number of benzene rings is 3. The van der Waals surface area contributed by atoms with Crippen molar-refractivity contribution in [1.82, 2.24) is 9.97 Å². The van der Waals surface area contributed by atoms with Crippen molar-refractivity contribution >= 4 is 68.5 Å². The van der Waals surface area contributed by atoms with Gasteiger partial charge in [-0.1, -0.05) is 63.2 Å². The van der Waals surface area contributed by atoms with Crippen molar-refractivity contribution in [2.45, 2.75) is 26.2 Å². The Labute approximate surface area is 254 Å². The van der Waals surface area contributed by atoms with Gasteiger partial charge in [0.1, 0.15) is 10.7 Å². The van der Waals surface area contributed by atoms with Crippen LogP contribution in [0, 0.1) is 0 Å². The van der Waals surface area contributed by atoms with E-state index in [2.05, 4.69) is 15.3 Å². The Balaban J connectivity index is 1.59. The molecule has 43 heavy (non-hydrogen) atoms. The van der Waals surface area contributed by atoms with Crippen molar-refractivity contribution in [2.75, 3.05) is 29.2 Å². The van der Waals surface area contributed by atoms with Crippen LogP contribution in [0.25, 0.3) is 10.8 Å². The van der Waals surface area contributed by atoms with Crippen LogP contribution in [0.3, 0.4) is 0 Å². The summed E-state index contributed by atoms with van der Waals surface area (Å²) < 4.78 is 0. The van der Waals surface area contributed by atoms with Crippen molar-refractivity contribution in [1.29, 1.82) is 0 Å². The normalized spacial score (nSPS) is 11.3. The number of aromatic nitrogens is 2. The topological polar surface area (TPSA) is 122 Å². The van der Waals surface area contributed by atoms with Gasteiger partial charge >= 0.3 is 5.91 Å². The highest BCUT2D eigenvalue weighted by Crippen LogP contribution is 2.40. The molecule has 10 heteroatoms. The molecule has 0 aliphatic rings. The fourth-order valence-electron chi connectivity index (χ4n) is 4.63. The summed E-state index contributed by atoms with van der Waals surface area (Å²) in [4.78, 5) is 53.8. The van der Waals surface area contributed by atoms with E-state index in [4.69, 9.17) is 5.73 Å². The molecule has 5 aromatic rings. The average Bonchev–Trinajstić information content (AvgIpc) is 3.44. The Morgan fingerprint density at radius 1 is 0.884 bits per heavy atom. The maximum absolute atomic E-state index is 14.2. The van der Waals surface area contributed by atoms with E-state index in [-0.39, 0.29) is 21.5 Å². The minimum absolute atomic E-state index is 0.210. The number of rotatable bonds is 8. The molecule has 2 heterocycles. The van der Waals surface area contributed by atoms with Crippen LogP contribution in [0.15, 0.2) is 85.1 Å². The highest BCUT2D eigenvalue weighted by Gasteiger charge is 2.33. The summed E-state index contributed by atoms with van der Waals surface area (Å²) >= 11 is 1.23. The molecule has 0 unspecified atom stereocenters. The lowest BCUT2D eigenvalue weighted by Crippen LogP contribution is -2.34. The molecule has 0 fully saturated rings. The first-order valence-electron chi connectivity index (χ1n) is 13.6. The van der Waals surface area contributed by atoms with Gasteiger partial charge in [0, 0.05) is 47.5 Å².